The lowest BCUT2D eigenvalue weighted by atomic mass is 10.1. The smallest absolute Gasteiger partial charge is 0.295 e. The van der Waals surface area contributed by atoms with E-state index >= 15 is 0 Å². The van der Waals surface area contributed by atoms with Crippen LogP contribution >= 0.6 is 0 Å². The first-order chi connectivity index (χ1) is 11.3. The van der Waals surface area contributed by atoms with E-state index in [9.17, 15) is 0 Å². The summed E-state index contributed by atoms with van der Waals surface area (Å²) < 4.78 is 7.42. The average Bonchev–Trinajstić information content (AvgIpc) is 3.19. The van der Waals surface area contributed by atoms with E-state index in [0.717, 1.165) is 27.9 Å². The zero-order chi connectivity index (χ0) is 15.6. The van der Waals surface area contributed by atoms with Crippen molar-refractivity contribution in [2.24, 2.45) is 7.05 Å². The number of para-hydroxylation sites is 2. The van der Waals surface area contributed by atoms with E-state index in [2.05, 4.69) is 20.4 Å². The van der Waals surface area contributed by atoms with Crippen molar-refractivity contribution in [3.8, 4) is 11.3 Å². The van der Waals surface area contributed by atoms with Crippen LogP contribution in [0.5, 0.6) is 0 Å². The highest BCUT2D eigenvalue weighted by molar-refractivity contribution is 5.74. The Labute approximate surface area is 132 Å². The van der Waals surface area contributed by atoms with Crippen LogP contribution in [0, 0.1) is 0 Å². The third-order valence-corrected chi connectivity index (χ3v) is 3.56. The number of fused-ring (bicyclic) bond motifs is 1. The molecule has 0 spiro atoms. The molecule has 114 valence electrons. The van der Waals surface area contributed by atoms with Crippen LogP contribution in [0.3, 0.4) is 0 Å². The number of nitrogens with zero attached hydrogens (tertiary/aromatic N) is 4. The van der Waals surface area contributed by atoms with Crippen LogP contribution in [0.15, 0.2) is 59.4 Å². The fourth-order valence-electron chi connectivity index (χ4n) is 2.42. The molecule has 0 saturated carbocycles. The van der Waals surface area contributed by atoms with Gasteiger partial charge in [-0.25, -0.2) is 0 Å². The van der Waals surface area contributed by atoms with Gasteiger partial charge in [-0.05, 0) is 29.8 Å². The number of pyridine rings is 1. The summed E-state index contributed by atoms with van der Waals surface area (Å²) in [6.45, 7) is 0.614. The third kappa shape index (κ3) is 2.78. The minimum atomic E-state index is 0.519. The Morgan fingerprint density at radius 3 is 2.96 bits per heavy atom. The molecule has 0 aliphatic carbocycles. The van der Waals surface area contributed by atoms with Crippen LogP contribution < -0.4 is 5.32 Å². The maximum atomic E-state index is 5.66. The van der Waals surface area contributed by atoms with E-state index < -0.39 is 0 Å². The summed E-state index contributed by atoms with van der Waals surface area (Å²) in [6.07, 6.45) is 5.55. The quantitative estimate of drug-likeness (QED) is 0.627. The van der Waals surface area contributed by atoms with Crippen molar-refractivity contribution in [3.63, 3.8) is 0 Å². The van der Waals surface area contributed by atoms with Gasteiger partial charge in [0.05, 0.1) is 11.9 Å². The van der Waals surface area contributed by atoms with Crippen LogP contribution in [0.2, 0.25) is 0 Å². The molecular weight excluding hydrogens is 290 g/mol. The third-order valence-electron chi connectivity index (χ3n) is 3.56. The molecule has 1 N–H and O–H groups in total. The standard InChI is InChI=1S/C17H15N5O/c1-22-11-13(10-20-22)15-8-12(6-7-18-15)9-19-17-21-14-4-2-3-5-16(14)23-17/h2-8,10-11H,9H2,1H3,(H,19,21). The molecule has 4 aromatic rings. The van der Waals surface area contributed by atoms with E-state index in [1.807, 2.05) is 49.6 Å². The van der Waals surface area contributed by atoms with E-state index in [4.69, 9.17) is 4.42 Å². The average molecular weight is 305 g/mol. The maximum absolute atomic E-state index is 5.66. The van der Waals surface area contributed by atoms with Gasteiger partial charge in [0.15, 0.2) is 5.58 Å². The van der Waals surface area contributed by atoms with Crippen LogP contribution in [-0.4, -0.2) is 19.7 Å². The van der Waals surface area contributed by atoms with E-state index in [-0.39, 0.29) is 0 Å². The van der Waals surface area contributed by atoms with Crippen molar-refractivity contribution in [3.05, 3.63) is 60.6 Å². The van der Waals surface area contributed by atoms with Gasteiger partial charge in [0.1, 0.15) is 5.52 Å². The van der Waals surface area contributed by atoms with Crippen LogP contribution in [0.1, 0.15) is 5.56 Å². The molecule has 3 heterocycles. The summed E-state index contributed by atoms with van der Waals surface area (Å²) in [6, 6.07) is 12.2. The summed E-state index contributed by atoms with van der Waals surface area (Å²) in [4.78, 5) is 8.80. The van der Waals surface area contributed by atoms with Crippen molar-refractivity contribution in [1.82, 2.24) is 19.7 Å². The van der Waals surface area contributed by atoms with Gasteiger partial charge >= 0.3 is 0 Å². The second-order valence-corrected chi connectivity index (χ2v) is 5.29. The molecule has 1 aromatic carbocycles. The summed E-state index contributed by atoms with van der Waals surface area (Å²) in [5, 5.41) is 7.38. The maximum Gasteiger partial charge on any atom is 0.295 e. The number of aryl methyl sites for hydroxylation is 1. The Kier molecular flexibility index (Phi) is 3.27. The van der Waals surface area contributed by atoms with Crippen LogP contribution in [-0.2, 0) is 13.6 Å². The lowest BCUT2D eigenvalue weighted by Gasteiger charge is -2.03. The normalized spacial score (nSPS) is 11.0. The Morgan fingerprint density at radius 1 is 1.22 bits per heavy atom. The van der Waals surface area contributed by atoms with Crippen molar-refractivity contribution < 1.29 is 4.42 Å². The van der Waals surface area contributed by atoms with Gasteiger partial charge < -0.3 is 9.73 Å². The number of hydrogen-bond donors (Lipinski definition) is 1. The van der Waals surface area contributed by atoms with Crippen LogP contribution in [0.25, 0.3) is 22.4 Å². The summed E-state index contributed by atoms with van der Waals surface area (Å²) in [5.74, 6) is 0. The van der Waals surface area contributed by atoms with E-state index in [1.165, 1.54) is 0 Å². The first kappa shape index (κ1) is 13.5. The number of rotatable bonds is 4. The van der Waals surface area contributed by atoms with E-state index in [0.29, 0.717) is 12.6 Å². The highest BCUT2D eigenvalue weighted by atomic mass is 16.4. The minimum Gasteiger partial charge on any atom is -0.424 e. The highest BCUT2D eigenvalue weighted by Gasteiger charge is 2.06. The second kappa shape index (κ2) is 5.57. The Bertz CT molecular complexity index is 923. The molecule has 6 nitrogen and oxygen atoms in total. The van der Waals surface area contributed by atoms with E-state index in [1.54, 1.807) is 17.1 Å². The molecule has 0 unspecified atom stereocenters. The summed E-state index contributed by atoms with van der Waals surface area (Å²) in [7, 11) is 1.89. The topological polar surface area (TPSA) is 68.8 Å². The van der Waals surface area contributed by atoms with Gasteiger partial charge in [0, 0.05) is 31.5 Å². The molecule has 0 atom stereocenters. The van der Waals surface area contributed by atoms with Gasteiger partial charge in [0.25, 0.3) is 6.01 Å². The number of nitrogens with one attached hydrogen (secondary N) is 1. The van der Waals surface area contributed by atoms with Crippen molar-refractivity contribution in [2.75, 3.05) is 5.32 Å². The molecule has 0 aliphatic heterocycles. The number of benzene rings is 1. The van der Waals surface area contributed by atoms with Gasteiger partial charge in [-0.1, -0.05) is 12.1 Å². The predicted molar refractivity (Wildman–Crippen MR) is 87.8 cm³/mol. The monoisotopic (exact) mass is 305 g/mol. The largest absolute Gasteiger partial charge is 0.424 e. The summed E-state index contributed by atoms with van der Waals surface area (Å²) >= 11 is 0. The molecule has 0 fully saturated rings. The molecule has 23 heavy (non-hydrogen) atoms. The van der Waals surface area contributed by atoms with Gasteiger partial charge in [-0.3, -0.25) is 9.67 Å². The van der Waals surface area contributed by atoms with Crippen molar-refractivity contribution >= 4 is 17.1 Å². The highest BCUT2D eigenvalue weighted by Crippen LogP contribution is 2.20. The number of anilines is 1. The molecule has 0 saturated heterocycles. The first-order valence-corrected chi connectivity index (χ1v) is 7.31. The molecule has 0 bridgehead atoms. The molecule has 4 rings (SSSR count). The van der Waals surface area contributed by atoms with Gasteiger partial charge in [0.2, 0.25) is 0 Å². The summed E-state index contributed by atoms with van der Waals surface area (Å²) in [5.41, 5.74) is 4.62. The first-order valence-electron chi connectivity index (χ1n) is 7.31. The Morgan fingerprint density at radius 2 is 2.13 bits per heavy atom. The minimum absolute atomic E-state index is 0.519. The second-order valence-electron chi connectivity index (χ2n) is 5.29. The molecular formula is C17H15N5O. The van der Waals surface area contributed by atoms with Gasteiger partial charge in [-0.2, -0.15) is 10.1 Å². The predicted octanol–water partition coefficient (Wildman–Crippen LogP) is 3.24. The fraction of sp³-hybridized carbons (Fsp3) is 0.118. The molecule has 0 aliphatic rings. The SMILES string of the molecule is Cn1cc(-c2cc(CNc3nc4ccccc4o3)ccn2)cn1. The van der Waals surface area contributed by atoms with Crippen molar-refractivity contribution in [1.29, 1.82) is 0 Å². The number of hydrogen-bond acceptors (Lipinski definition) is 5. The Hall–Kier alpha value is -3.15. The number of aromatic nitrogens is 4. The fourth-order valence-corrected chi connectivity index (χ4v) is 2.42. The Balaban J connectivity index is 1.52. The van der Waals surface area contributed by atoms with Gasteiger partial charge in [-0.15, -0.1) is 0 Å². The zero-order valence-electron chi connectivity index (χ0n) is 12.6. The van der Waals surface area contributed by atoms with Crippen LogP contribution in [0.4, 0.5) is 6.01 Å². The molecule has 6 heteroatoms. The lowest BCUT2D eigenvalue weighted by molar-refractivity contribution is 0.614. The number of oxazole rings is 1. The lowest BCUT2D eigenvalue weighted by Crippen LogP contribution is -2.00. The van der Waals surface area contributed by atoms with Crippen molar-refractivity contribution in [2.45, 2.75) is 6.54 Å². The zero-order valence-corrected chi connectivity index (χ0v) is 12.6. The molecule has 3 aromatic heterocycles. The molecule has 0 radical (unpaired) electrons. The molecule has 0 amide bonds.